The van der Waals surface area contributed by atoms with Crippen molar-refractivity contribution < 1.29 is 18.6 Å². The van der Waals surface area contributed by atoms with E-state index in [0.717, 1.165) is 13.2 Å². The maximum atomic E-state index is 12.3. The molecule has 0 aromatic heterocycles. The summed E-state index contributed by atoms with van der Waals surface area (Å²) in [5.74, 6) is 1.83. The Kier molecular flexibility index (Phi) is 6.64. The molecule has 2 aliphatic rings. The van der Waals surface area contributed by atoms with Crippen LogP contribution in [-0.4, -0.2) is 33.3 Å². The lowest BCUT2D eigenvalue weighted by molar-refractivity contribution is -0.213. The average Bonchev–Trinajstić information content (AvgIpc) is 2.64. The number of benzene rings is 1. The van der Waals surface area contributed by atoms with E-state index >= 15 is 0 Å². The Morgan fingerprint density at radius 2 is 1.67 bits per heavy atom. The first kappa shape index (κ1) is 17.8. The van der Waals surface area contributed by atoms with Gasteiger partial charge in [0.2, 0.25) is 0 Å². The van der Waals surface area contributed by atoms with Crippen molar-refractivity contribution in [1.29, 1.82) is 0 Å². The largest absolute Gasteiger partial charge is 0.380 e. The van der Waals surface area contributed by atoms with E-state index in [-0.39, 0.29) is 13.0 Å². The van der Waals surface area contributed by atoms with Crippen molar-refractivity contribution in [2.75, 3.05) is 27.0 Å². The summed E-state index contributed by atoms with van der Waals surface area (Å²) in [5.41, 5.74) is 2.68. The van der Waals surface area contributed by atoms with E-state index < -0.39 is 0 Å². The molecule has 0 amide bonds. The number of alkyl halides is 1. The minimum Gasteiger partial charge on any atom is -0.380 e. The van der Waals surface area contributed by atoms with Crippen LogP contribution in [0.4, 0.5) is 4.39 Å². The van der Waals surface area contributed by atoms with Crippen LogP contribution in [0.25, 0.3) is 0 Å². The molecule has 0 unspecified atom stereocenters. The summed E-state index contributed by atoms with van der Waals surface area (Å²) in [6.45, 7) is 1.76. The zero-order chi connectivity index (χ0) is 16.8. The van der Waals surface area contributed by atoms with E-state index in [4.69, 9.17) is 14.2 Å². The Hall–Kier alpha value is -0.970. The fourth-order valence-electron chi connectivity index (χ4n) is 4.06. The smallest absolute Gasteiger partial charge is 0.160 e. The molecule has 1 heterocycles. The Morgan fingerprint density at radius 3 is 2.25 bits per heavy atom. The molecule has 1 aromatic rings. The molecule has 1 saturated carbocycles. The van der Waals surface area contributed by atoms with Crippen molar-refractivity contribution >= 4 is 0 Å². The molecule has 0 spiro atoms. The van der Waals surface area contributed by atoms with E-state index in [0.29, 0.717) is 30.8 Å². The number of ether oxygens (including phenoxy) is 3. The van der Waals surface area contributed by atoms with E-state index in [1.165, 1.54) is 36.8 Å². The summed E-state index contributed by atoms with van der Waals surface area (Å²) in [7, 11) is 1.73. The van der Waals surface area contributed by atoms with Crippen LogP contribution in [0, 0.1) is 11.8 Å². The predicted molar refractivity (Wildman–Crippen MR) is 91.6 cm³/mol. The number of rotatable bonds is 6. The molecule has 0 radical (unpaired) electrons. The highest BCUT2D eigenvalue weighted by Crippen LogP contribution is 2.40. The van der Waals surface area contributed by atoms with Gasteiger partial charge in [-0.25, -0.2) is 0 Å². The van der Waals surface area contributed by atoms with Gasteiger partial charge in [0.25, 0.3) is 0 Å². The molecule has 1 aromatic carbocycles. The van der Waals surface area contributed by atoms with Gasteiger partial charge in [0.05, 0.1) is 26.5 Å². The molecule has 1 saturated heterocycles. The summed E-state index contributed by atoms with van der Waals surface area (Å²) >= 11 is 0. The normalized spacial score (nSPS) is 31.1. The second kappa shape index (κ2) is 8.93. The monoisotopic (exact) mass is 336 g/mol. The van der Waals surface area contributed by atoms with Crippen molar-refractivity contribution in [2.45, 2.75) is 50.9 Å². The third-order valence-corrected chi connectivity index (χ3v) is 5.54. The SMILES string of the molecule is COCc1ccc(C2CCC(C3COC(CCF)OC3)CC2)cc1. The molecule has 1 aliphatic carbocycles. The van der Waals surface area contributed by atoms with Gasteiger partial charge in [-0.05, 0) is 48.6 Å². The molecular formula is C20H29FO3. The van der Waals surface area contributed by atoms with E-state index in [2.05, 4.69) is 24.3 Å². The maximum Gasteiger partial charge on any atom is 0.160 e. The van der Waals surface area contributed by atoms with Gasteiger partial charge in [0, 0.05) is 19.4 Å². The summed E-state index contributed by atoms with van der Waals surface area (Å²) in [4.78, 5) is 0. The summed E-state index contributed by atoms with van der Waals surface area (Å²) in [6, 6.07) is 8.87. The number of hydrogen-bond donors (Lipinski definition) is 0. The maximum absolute atomic E-state index is 12.3. The van der Waals surface area contributed by atoms with E-state index in [1.54, 1.807) is 7.11 Å². The summed E-state index contributed by atoms with van der Waals surface area (Å²) in [5, 5.41) is 0. The Balaban J connectivity index is 1.45. The highest BCUT2D eigenvalue weighted by atomic mass is 19.1. The molecule has 134 valence electrons. The second-order valence-electron chi connectivity index (χ2n) is 7.12. The first-order chi connectivity index (χ1) is 11.8. The van der Waals surface area contributed by atoms with Crippen LogP contribution >= 0.6 is 0 Å². The molecule has 3 rings (SSSR count). The third kappa shape index (κ3) is 4.56. The lowest BCUT2D eigenvalue weighted by Gasteiger charge is -2.37. The molecule has 2 fully saturated rings. The van der Waals surface area contributed by atoms with Crippen LogP contribution in [0.2, 0.25) is 0 Å². The van der Waals surface area contributed by atoms with Gasteiger partial charge in [-0.15, -0.1) is 0 Å². The van der Waals surface area contributed by atoms with E-state index in [1.807, 2.05) is 0 Å². The molecule has 3 nitrogen and oxygen atoms in total. The second-order valence-corrected chi connectivity index (χ2v) is 7.12. The topological polar surface area (TPSA) is 27.7 Å². The lowest BCUT2D eigenvalue weighted by atomic mass is 9.74. The Morgan fingerprint density at radius 1 is 1.00 bits per heavy atom. The quantitative estimate of drug-likeness (QED) is 0.768. The standard InChI is InChI=1S/C20H29FO3/c1-22-12-15-2-4-16(5-3-15)17-6-8-18(9-7-17)19-13-23-20(10-11-21)24-14-19/h2-5,17-20H,6-14H2,1H3. The highest BCUT2D eigenvalue weighted by molar-refractivity contribution is 5.25. The van der Waals surface area contributed by atoms with Gasteiger partial charge in [-0.1, -0.05) is 24.3 Å². The number of hydrogen-bond acceptors (Lipinski definition) is 3. The number of methoxy groups -OCH3 is 1. The summed E-state index contributed by atoms with van der Waals surface area (Å²) < 4.78 is 28.8. The van der Waals surface area contributed by atoms with Crippen molar-refractivity contribution in [3.63, 3.8) is 0 Å². The van der Waals surface area contributed by atoms with Crippen LogP contribution in [0.3, 0.4) is 0 Å². The molecule has 0 bridgehead atoms. The highest BCUT2D eigenvalue weighted by Gasteiger charge is 2.32. The zero-order valence-corrected chi connectivity index (χ0v) is 14.6. The van der Waals surface area contributed by atoms with Crippen molar-refractivity contribution in [3.05, 3.63) is 35.4 Å². The Bertz CT molecular complexity index is 474. The minimum atomic E-state index is -0.371. The zero-order valence-electron chi connectivity index (χ0n) is 14.6. The molecule has 0 atom stereocenters. The van der Waals surface area contributed by atoms with Gasteiger partial charge in [-0.3, -0.25) is 4.39 Å². The minimum absolute atomic E-state index is 0.326. The molecule has 0 N–H and O–H groups in total. The molecule has 1 aliphatic heterocycles. The Labute approximate surface area is 144 Å². The van der Waals surface area contributed by atoms with Crippen molar-refractivity contribution in [1.82, 2.24) is 0 Å². The first-order valence-corrected chi connectivity index (χ1v) is 9.17. The molecule has 24 heavy (non-hydrogen) atoms. The van der Waals surface area contributed by atoms with Gasteiger partial charge >= 0.3 is 0 Å². The average molecular weight is 336 g/mol. The fraction of sp³-hybridized carbons (Fsp3) is 0.700. The molecular weight excluding hydrogens is 307 g/mol. The van der Waals surface area contributed by atoms with E-state index in [9.17, 15) is 4.39 Å². The van der Waals surface area contributed by atoms with Crippen LogP contribution in [0.1, 0.15) is 49.1 Å². The lowest BCUT2D eigenvalue weighted by Crippen LogP contribution is -2.37. The van der Waals surface area contributed by atoms with Crippen LogP contribution in [0.15, 0.2) is 24.3 Å². The van der Waals surface area contributed by atoms with Crippen molar-refractivity contribution in [3.8, 4) is 0 Å². The van der Waals surface area contributed by atoms with Gasteiger partial charge in [-0.2, -0.15) is 0 Å². The van der Waals surface area contributed by atoms with Gasteiger partial charge < -0.3 is 14.2 Å². The van der Waals surface area contributed by atoms with Crippen LogP contribution in [-0.2, 0) is 20.8 Å². The number of halogens is 1. The van der Waals surface area contributed by atoms with Crippen LogP contribution in [0.5, 0.6) is 0 Å². The summed E-state index contributed by atoms with van der Waals surface area (Å²) in [6.07, 6.45) is 4.97. The van der Waals surface area contributed by atoms with Gasteiger partial charge in [0.15, 0.2) is 6.29 Å². The molecule has 4 heteroatoms. The van der Waals surface area contributed by atoms with Crippen molar-refractivity contribution in [2.24, 2.45) is 11.8 Å². The van der Waals surface area contributed by atoms with Gasteiger partial charge in [0.1, 0.15) is 0 Å². The fourth-order valence-corrected chi connectivity index (χ4v) is 4.06. The van der Waals surface area contributed by atoms with Crippen LogP contribution < -0.4 is 0 Å². The predicted octanol–water partition coefficient (Wildman–Crippen LogP) is 4.46. The first-order valence-electron chi connectivity index (χ1n) is 9.17. The third-order valence-electron chi connectivity index (χ3n) is 5.54.